The van der Waals surface area contributed by atoms with Crippen molar-refractivity contribution in [3.63, 3.8) is 0 Å². The number of methoxy groups -OCH3 is 2. The number of nitrogens with two attached hydrogens (primary N) is 1. The Morgan fingerprint density at radius 2 is 1.74 bits per heavy atom. The zero-order valence-corrected chi connectivity index (χ0v) is 21.7. The summed E-state index contributed by atoms with van der Waals surface area (Å²) in [5.41, 5.74) is 11.1. The number of nitrogens with zero attached hydrogens (tertiary/aromatic N) is 1. The highest BCUT2D eigenvalue weighted by Gasteiger charge is 2.37. The first-order valence-electron chi connectivity index (χ1n) is 11.1. The largest absolute Gasteiger partial charge is 0.493 e. The van der Waals surface area contributed by atoms with Gasteiger partial charge in [-0.25, -0.2) is 0 Å². The van der Waals surface area contributed by atoms with E-state index in [9.17, 15) is 4.79 Å². The minimum atomic E-state index is -1.72. The second-order valence-electron chi connectivity index (χ2n) is 9.21. The predicted molar refractivity (Wildman–Crippen MR) is 132 cm³/mol. The second kappa shape index (κ2) is 9.34. The van der Waals surface area contributed by atoms with Gasteiger partial charge in [0.05, 0.1) is 27.9 Å². The maximum Gasteiger partial charge on any atom is 0.254 e. The molecular formula is C24H36N2O3SSi. The highest BCUT2D eigenvalue weighted by Crippen LogP contribution is 2.43. The third-order valence-corrected chi connectivity index (χ3v) is 10.9. The molecule has 2 N–H and O–H groups in total. The summed E-state index contributed by atoms with van der Waals surface area (Å²) < 4.78 is 12.4. The van der Waals surface area contributed by atoms with E-state index in [0.717, 1.165) is 35.3 Å². The number of carbonyl (C=O) groups excluding carboxylic acids is 1. The summed E-state index contributed by atoms with van der Waals surface area (Å²) in [7, 11) is 1.61. The first kappa shape index (κ1) is 23.8. The number of rotatable bonds is 7. The number of aryl methyl sites for hydroxylation is 1. The van der Waals surface area contributed by atoms with E-state index in [2.05, 4.69) is 37.2 Å². The van der Waals surface area contributed by atoms with Crippen molar-refractivity contribution in [1.29, 1.82) is 0 Å². The van der Waals surface area contributed by atoms with Crippen molar-refractivity contribution in [2.24, 2.45) is 5.73 Å². The topological polar surface area (TPSA) is 64.8 Å². The molecule has 3 rings (SSSR count). The average Bonchev–Trinajstić information content (AvgIpc) is 3.18. The van der Waals surface area contributed by atoms with Crippen LogP contribution in [0.1, 0.15) is 53.2 Å². The molecule has 0 unspecified atom stereocenters. The number of fused-ring (bicyclic) bond motifs is 1. The molecule has 170 valence electrons. The summed E-state index contributed by atoms with van der Waals surface area (Å²) in [4.78, 5) is 15.6. The first-order chi connectivity index (χ1) is 14.7. The van der Waals surface area contributed by atoms with Gasteiger partial charge in [0.2, 0.25) is 0 Å². The van der Waals surface area contributed by atoms with Crippen molar-refractivity contribution < 1.29 is 14.3 Å². The summed E-state index contributed by atoms with van der Waals surface area (Å²) in [6, 6.07) is 4.10. The molecule has 7 heteroatoms. The van der Waals surface area contributed by atoms with Gasteiger partial charge in [-0.2, -0.15) is 11.3 Å². The van der Waals surface area contributed by atoms with Crippen LogP contribution >= 0.6 is 11.3 Å². The van der Waals surface area contributed by atoms with Gasteiger partial charge in [-0.1, -0.05) is 19.6 Å². The van der Waals surface area contributed by atoms with Crippen LogP contribution in [-0.4, -0.2) is 52.2 Å². The van der Waals surface area contributed by atoms with Crippen LogP contribution in [0.4, 0.5) is 0 Å². The Bertz CT molecular complexity index is 947. The van der Waals surface area contributed by atoms with E-state index in [1.165, 1.54) is 10.1 Å². The van der Waals surface area contributed by atoms with Crippen LogP contribution in [0, 0.1) is 0 Å². The Labute approximate surface area is 191 Å². The quantitative estimate of drug-likeness (QED) is 0.629. The van der Waals surface area contributed by atoms with Crippen LogP contribution in [0.2, 0.25) is 19.6 Å². The Kier molecular flexibility index (Phi) is 7.18. The minimum absolute atomic E-state index is 0.0283. The fourth-order valence-electron chi connectivity index (χ4n) is 4.60. The Morgan fingerprint density at radius 1 is 1.13 bits per heavy atom. The van der Waals surface area contributed by atoms with Crippen LogP contribution in [-0.2, 0) is 6.42 Å². The summed E-state index contributed by atoms with van der Waals surface area (Å²) in [5.74, 6) is 1.55. The van der Waals surface area contributed by atoms with Crippen molar-refractivity contribution in [2.75, 3.05) is 27.3 Å². The standard InChI is InChI=1S/C24H36N2O3SSi/c1-8-26(9-2)23(27)22-17(14-30-24(22)31(5,6)7)21-16-13-20(29-4)19(28-3)12-15(16)10-11-18(21)25/h12-14,18,21H,8-11,25H2,1-7H3/t18-,21+/m1/s1. The monoisotopic (exact) mass is 460 g/mol. The predicted octanol–water partition coefficient (Wildman–Crippen LogP) is 4.20. The number of benzene rings is 1. The third kappa shape index (κ3) is 4.41. The SMILES string of the molecule is CCN(CC)C(=O)c1c([C@@H]2c3cc(OC)c(OC)cc3CC[C@H]2N)csc1[Si](C)(C)C. The highest BCUT2D eigenvalue weighted by molar-refractivity contribution is 7.25. The lowest BCUT2D eigenvalue weighted by Gasteiger charge is -2.33. The van der Waals surface area contributed by atoms with Crippen LogP contribution in [0.3, 0.4) is 0 Å². The second-order valence-corrected chi connectivity index (χ2v) is 15.5. The molecule has 1 aromatic carbocycles. The van der Waals surface area contributed by atoms with Crippen molar-refractivity contribution in [2.45, 2.75) is 58.3 Å². The van der Waals surface area contributed by atoms with Crippen molar-refractivity contribution >= 4 is 29.8 Å². The highest BCUT2D eigenvalue weighted by atomic mass is 32.1. The summed E-state index contributed by atoms with van der Waals surface area (Å²) in [5, 5.41) is 2.20. The van der Waals surface area contributed by atoms with Crippen LogP contribution in [0.15, 0.2) is 17.5 Å². The number of amides is 1. The molecule has 1 heterocycles. The minimum Gasteiger partial charge on any atom is -0.493 e. The lowest BCUT2D eigenvalue weighted by Crippen LogP contribution is -2.44. The van der Waals surface area contributed by atoms with Gasteiger partial charge in [0, 0.05) is 29.5 Å². The van der Waals surface area contributed by atoms with E-state index in [-0.39, 0.29) is 17.9 Å². The maximum atomic E-state index is 13.7. The molecule has 31 heavy (non-hydrogen) atoms. The number of carbonyl (C=O) groups is 1. The molecule has 1 aromatic heterocycles. The fraction of sp³-hybridized carbons (Fsp3) is 0.542. The molecule has 0 fully saturated rings. The zero-order chi connectivity index (χ0) is 22.9. The number of hydrogen-bond donors (Lipinski definition) is 1. The van der Waals surface area contributed by atoms with E-state index in [4.69, 9.17) is 15.2 Å². The van der Waals surface area contributed by atoms with Gasteiger partial charge in [0.1, 0.15) is 0 Å². The molecule has 0 saturated carbocycles. The number of hydrogen-bond acceptors (Lipinski definition) is 5. The molecular weight excluding hydrogens is 424 g/mol. The zero-order valence-electron chi connectivity index (χ0n) is 19.9. The Balaban J connectivity index is 2.24. The van der Waals surface area contributed by atoms with Gasteiger partial charge in [-0.15, -0.1) is 0 Å². The maximum absolute atomic E-state index is 13.7. The molecule has 0 bridgehead atoms. The van der Waals surface area contributed by atoms with Crippen LogP contribution < -0.4 is 19.7 Å². The Hall–Kier alpha value is -1.83. The molecule has 0 radical (unpaired) electrons. The van der Waals surface area contributed by atoms with E-state index >= 15 is 0 Å². The third-order valence-electron chi connectivity index (χ3n) is 6.26. The van der Waals surface area contributed by atoms with E-state index in [1.54, 1.807) is 25.6 Å². The van der Waals surface area contributed by atoms with E-state index in [1.807, 2.05) is 18.7 Å². The van der Waals surface area contributed by atoms with Crippen molar-refractivity contribution in [1.82, 2.24) is 4.90 Å². The number of thiophene rings is 1. The van der Waals surface area contributed by atoms with Gasteiger partial charge in [0.15, 0.2) is 11.5 Å². The fourth-order valence-corrected chi connectivity index (χ4v) is 8.03. The average molecular weight is 461 g/mol. The molecule has 2 aromatic rings. The smallest absolute Gasteiger partial charge is 0.254 e. The van der Waals surface area contributed by atoms with E-state index in [0.29, 0.717) is 18.8 Å². The summed E-state index contributed by atoms with van der Waals surface area (Å²) in [6.07, 6.45) is 1.78. The molecule has 1 aliphatic carbocycles. The van der Waals surface area contributed by atoms with Gasteiger partial charge in [-0.05, 0) is 60.9 Å². The first-order valence-corrected chi connectivity index (χ1v) is 15.5. The molecule has 1 aliphatic rings. The summed E-state index contributed by atoms with van der Waals surface area (Å²) in [6.45, 7) is 12.4. The molecule has 5 nitrogen and oxygen atoms in total. The van der Waals surface area contributed by atoms with E-state index < -0.39 is 8.07 Å². The van der Waals surface area contributed by atoms with Crippen molar-refractivity contribution in [3.8, 4) is 11.5 Å². The molecule has 0 aliphatic heterocycles. The number of ether oxygens (including phenoxy) is 2. The normalized spacial score (nSPS) is 18.5. The lowest BCUT2D eigenvalue weighted by molar-refractivity contribution is 0.0773. The van der Waals surface area contributed by atoms with Crippen LogP contribution in [0.25, 0.3) is 0 Å². The lowest BCUT2D eigenvalue weighted by atomic mass is 9.75. The van der Waals surface area contributed by atoms with Gasteiger partial charge < -0.3 is 20.1 Å². The molecule has 1 amide bonds. The van der Waals surface area contributed by atoms with Gasteiger partial charge >= 0.3 is 0 Å². The molecule has 0 spiro atoms. The Morgan fingerprint density at radius 3 is 2.29 bits per heavy atom. The van der Waals surface area contributed by atoms with Gasteiger partial charge in [0.25, 0.3) is 5.91 Å². The van der Waals surface area contributed by atoms with Crippen molar-refractivity contribution in [3.05, 3.63) is 39.8 Å². The molecule has 2 atom stereocenters. The van der Waals surface area contributed by atoms with Gasteiger partial charge in [-0.3, -0.25) is 4.79 Å². The van der Waals surface area contributed by atoms with Crippen LogP contribution in [0.5, 0.6) is 11.5 Å². The summed E-state index contributed by atoms with van der Waals surface area (Å²) >= 11 is 1.74. The molecule has 0 saturated heterocycles.